The molecule has 0 saturated heterocycles. The molecule has 2 heterocycles. The Morgan fingerprint density at radius 1 is 1.10 bits per heavy atom. The van der Waals surface area contributed by atoms with Crippen LogP contribution in [0.5, 0.6) is 0 Å². The van der Waals surface area contributed by atoms with Gasteiger partial charge in [0.25, 0.3) is 5.91 Å². The van der Waals surface area contributed by atoms with Gasteiger partial charge in [0.2, 0.25) is 5.76 Å². The van der Waals surface area contributed by atoms with Gasteiger partial charge in [0.05, 0.1) is 17.0 Å². The van der Waals surface area contributed by atoms with Crippen LogP contribution in [0, 0.1) is 0 Å². The van der Waals surface area contributed by atoms with Gasteiger partial charge < -0.3 is 14.2 Å². The number of likely N-dealkylation sites (N-methyl/N-ethyl adjacent to an activating group) is 1. The lowest BCUT2D eigenvalue weighted by Crippen LogP contribution is -2.37. The summed E-state index contributed by atoms with van der Waals surface area (Å²) < 4.78 is 6.75. The molecule has 1 aromatic heterocycles. The molecule has 1 atom stereocenters. The highest BCUT2D eigenvalue weighted by molar-refractivity contribution is 9.10. The fraction of sp³-hybridized carbons (Fsp3) is 0.304. The molecule has 30 heavy (non-hydrogen) atoms. The first-order valence-corrected chi connectivity index (χ1v) is 11.2. The van der Waals surface area contributed by atoms with Crippen molar-refractivity contribution < 1.29 is 9.21 Å². The van der Waals surface area contributed by atoms with Crippen molar-refractivity contribution in [2.45, 2.75) is 19.9 Å². The molecule has 0 bridgehead atoms. The Morgan fingerprint density at radius 3 is 2.47 bits per heavy atom. The quantitative estimate of drug-likeness (QED) is 0.484. The van der Waals surface area contributed by atoms with Crippen LogP contribution in [-0.2, 0) is 0 Å². The second-order valence-corrected chi connectivity index (χ2v) is 8.65. The van der Waals surface area contributed by atoms with Crippen LogP contribution in [0.1, 0.15) is 41.6 Å². The maximum atomic E-state index is 13.5. The number of hydrogen-bond acceptors (Lipinski definition) is 4. The molecule has 1 amide bonds. The number of hydrogen-bond donors (Lipinski definition) is 0. The van der Waals surface area contributed by atoms with Gasteiger partial charge in [-0.3, -0.25) is 9.59 Å². The average molecular weight is 490 g/mol. The summed E-state index contributed by atoms with van der Waals surface area (Å²) in [6, 6.07) is 12.0. The van der Waals surface area contributed by atoms with Gasteiger partial charge in [-0.05, 0) is 49.0 Å². The summed E-state index contributed by atoms with van der Waals surface area (Å²) in [6.45, 7) is 7.19. The largest absolute Gasteiger partial charge is 0.450 e. The molecule has 2 aromatic carbocycles. The van der Waals surface area contributed by atoms with E-state index in [0.717, 1.165) is 29.7 Å². The summed E-state index contributed by atoms with van der Waals surface area (Å²) in [5.41, 5.74) is 1.47. The summed E-state index contributed by atoms with van der Waals surface area (Å²) in [5, 5.41) is 1.06. The molecular weight excluding hydrogens is 468 g/mol. The number of carbonyl (C=O) groups is 1. The maximum absolute atomic E-state index is 13.5. The summed E-state index contributed by atoms with van der Waals surface area (Å²) in [6.07, 6.45) is 0. The molecule has 5 nitrogen and oxygen atoms in total. The Labute approximate surface area is 188 Å². The minimum Gasteiger partial charge on any atom is -0.450 e. The molecule has 0 fully saturated rings. The van der Waals surface area contributed by atoms with E-state index in [-0.39, 0.29) is 17.1 Å². The van der Waals surface area contributed by atoms with E-state index in [4.69, 9.17) is 16.0 Å². The number of fused-ring (bicyclic) bond motifs is 2. The van der Waals surface area contributed by atoms with E-state index in [9.17, 15) is 9.59 Å². The lowest BCUT2D eigenvalue weighted by Gasteiger charge is -2.28. The molecule has 7 heteroatoms. The molecule has 0 spiro atoms. The standard InChI is InChI=1S/C23H22BrClN2O3/c1-3-26(4-2)11-12-27-20(14-5-8-16(25)9-6-14)19-21(28)17-13-15(24)7-10-18(17)30-22(19)23(27)29/h5-10,13,20H,3-4,11-12H2,1-2H3/t20-/m0/s1. The zero-order valence-electron chi connectivity index (χ0n) is 16.8. The summed E-state index contributed by atoms with van der Waals surface area (Å²) in [7, 11) is 0. The second-order valence-electron chi connectivity index (χ2n) is 7.29. The van der Waals surface area contributed by atoms with Crippen molar-refractivity contribution in [1.82, 2.24) is 9.80 Å². The van der Waals surface area contributed by atoms with Gasteiger partial charge in [-0.1, -0.05) is 53.5 Å². The first kappa shape index (κ1) is 21.1. The van der Waals surface area contributed by atoms with Gasteiger partial charge in [0.1, 0.15) is 5.58 Å². The number of amides is 1. The van der Waals surface area contributed by atoms with Gasteiger partial charge in [-0.25, -0.2) is 0 Å². The molecule has 0 aliphatic carbocycles. The minimum atomic E-state index is -0.500. The monoisotopic (exact) mass is 488 g/mol. The highest BCUT2D eigenvalue weighted by Crippen LogP contribution is 2.38. The van der Waals surface area contributed by atoms with Crippen molar-refractivity contribution in [3.05, 3.63) is 79.1 Å². The lowest BCUT2D eigenvalue weighted by atomic mass is 9.98. The summed E-state index contributed by atoms with van der Waals surface area (Å²) in [5.74, 6) is -0.117. The van der Waals surface area contributed by atoms with Gasteiger partial charge in [0, 0.05) is 22.6 Å². The van der Waals surface area contributed by atoms with Crippen molar-refractivity contribution in [3.8, 4) is 0 Å². The average Bonchev–Trinajstić information content (AvgIpc) is 3.02. The van der Waals surface area contributed by atoms with E-state index in [1.54, 1.807) is 35.2 Å². The van der Waals surface area contributed by atoms with E-state index in [1.807, 2.05) is 12.1 Å². The van der Waals surface area contributed by atoms with Gasteiger partial charge >= 0.3 is 0 Å². The van der Waals surface area contributed by atoms with Crippen molar-refractivity contribution in [2.24, 2.45) is 0 Å². The number of halogens is 2. The number of benzene rings is 2. The highest BCUT2D eigenvalue weighted by Gasteiger charge is 2.42. The fourth-order valence-corrected chi connectivity index (χ4v) is 4.49. The predicted octanol–water partition coefficient (Wildman–Crippen LogP) is 5.10. The van der Waals surface area contributed by atoms with Crippen LogP contribution in [0.15, 0.2) is 56.1 Å². The summed E-state index contributed by atoms with van der Waals surface area (Å²) >= 11 is 9.50. The molecule has 1 aliphatic rings. The predicted molar refractivity (Wildman–Crippen MR) is 122 cm³/mol. The van der Waals surface area contributed by atoms with Crippen molar-refractivity contribution in [1.29, 1.82) is 0 Å². The Balaban J connectivity index is 1.87. The molecule has 3 aromatic rings. The molecule has 0 N–H and O–H groups in total. The van der Waals surface area contributed by atoms with Crippen LogP contribution in [0.25, 0.3) is 11.0 Å². The lowest BCUT2D eigenvalue weighted by molar-refractivity contribution is 0.0708. The Kier molecular flexibility index (Phi) is 6.00. The SMILES string of the molecule is CCN(CC)CCN1C(=O)c2oc3ccc(Br)cc3c(=O)c2[C@@H]1c1ccc(Cl)cc1. The molecule has 1 aliphatic heterocycles. The van der Waals surface area contributed by atoms with Crippen LogP contribution in [-0.4, -0.2) is 41.9 Å². The fourth-order valence-electron chi connectivity index (χ4n) is 4.00. The normalized spacial score (nSPS) is 16.0. The first-order chi connectivity index (χ1) is 14.4. The van der Waals surface area contributed by atoms with E-state index < -0.39 is 6.04 Å². The van der Waals surface area contributed by atoms with Crippen molar-refractivity contribution in [2.75, 3.05) is 26.2 Å². The molecular formula is C23H22BrClN2O3. The van der Waals surface area contributed by atoms with E-state index in [1.165, 1.54) is 0 Å². The van der Waals surface area contributed by atoms with E-state index in [0.29, 0.717) is 28.1 Å². The van der Waals surface area contributed by atoms with Crippen molar-refractivity contribution in [3.63, 3.8) is 0 Å². The van der Waals surface area contributed by atoms with E-state index >= 15 is 0 Å². The third-order valence-corrected chi connectivity index (χ3v) is 6.41. The molecule has 156 valence electrons. The topological polar surface area (TPSA) is 53.8 Å². The van der Waals surface area contributed by atoms with Gasteiger partial charge in [0.15, 0.2) is 5.43 Å². The van der Waals surface area contributed by atoms with Crippen LogP contribution < -0.4 is 5.43 Å². The first-order valence-electron chi connectivity index (χ1n) is 9.99. The third kappa shape index (κ3) is 3.68. The molecule has 0 saturated carbocycles. The van der Waals surface area contributed by atoms with Gasteiger partial charge in [-0.2, -0.15) is 0 Å². The van der Waals surface area contributed by atoms with E-state index in [2.05, 4.69) is 34.7 Å². The minimum absolute atomic E-state index is 0.134. The van der Waals surface area contributed by atoms with Crippen LogP contribution >= 0.6 is 27.5 Å². The zero-order valence-corrected chi connectivity index (χ0v) is 19.2. The van der Waals surface area contributed by atoms with Crippen molar-refractivity contribution >= 4 is 44.4 Å². The Bertz CT molecular complexity index is 1160. The molecule has 4 rings (SSSR count). The molecule has 0 radical (unpaired) electrons. The third-order valence-electron chi connectivity index (χ3n) is 5.67. The maximum Gasteiger partial charge on any atom is 0.290 e. The Morgan fingerprint density at radius 2 is 1.80 bits per heavy atom. The van der Waals surface area contributed by atoms with Gasteiger partial charge in [-0.15, -0.1) is 0 Å². The van der Waals surface area contributed by atoms with Crippen LogP contribution in [0.2, 0.25) is 5.02 Å². The van der Waals surface area contributed by atoms with Crippen LogP contribution in [0.3, 0.4) is 0 Å². The second kappa shape index (κ2) is 8.53. The number of nitrogens with zero attached hydrogens (tertiary/aromatic N) is 2. The highest BCUT2D eigenvalue weighted by atomic mass is 79.9. The number of carbonyl (C=O) groups excluding carboxylic acids is 1. The van der Waals surface area contributed by atoms with Crippen LogP contribution in [0.4, 0.5) is 0 Å². The smallest absolute Gasteiger partial charge is 0.290 e. The summed E-state index contributed by atoms with van der Waals surface area (Å²) in [4.78, 5) is 30.8. The number of rotatable bonds is 6. The Hall–Kier alpha value is -2.15. The zero-order chi connectivity index (χ0) is 21.4. The molecule has 0 unspecified atom stereocenters.